The first-order chi connectivity index (χ1) is 26.2. The van der Waals surface area contributed by atoms with E-state index in [-0.39, 0.29) is 0 Å². The summed E-state index contributed by atoms with van der Waals surface area (Å²) in [4.78, 5) is 69.4. The molecule has 0 aromatic heterocycles. The smallest absolute Gasteiger partial charge is 0.339 e. The molecule has 3 aromatic carbocycles. The number of carbonyl (C=O) groups is 5. The summed E-state index contributed by atoms with van der Waals surface area (Å²) in [6, 6.07) is 1.51. The Hall–Kier alpha value is -6.85. The van der Waals surface area contributed by atoms with Gasteiger partial charge in [0.25, 0.3) is 5.79 Å². The number of hydrogen-bond acceptors (Lipinski definition) is 22. The Morgan fingerprint density at radius 2 is 1.20 bits per heavy atom. The van der Waals surface area contributed by atoms with E-state index in [0.29, 0.717) is 24.3 Å². The molecular formula is C34H24O22. The fourth-order valence-corrected chi connectivity index (χ4v) is 7.40. The number of Topliss-reactive ketones (excluding diaryl/α,β-unsaturated/α-hetero) is 1. The van der Waals surface area contributed by atoms with Crippen LogP contribution in [0.4, 0.5) is 0 Å². The Morgan fingerprint density at radius 1 is 0.643 bits per heavy atom. The summed E-state index contributed by atoms with van der Waals surface area (Å²) in [5.74, 6) is -29.5. The van der Waals surface area contributed by atoms with Crippen molar-refractivity contribution in [1.82, 2.24) is 0 Å². The van der Waals surface area contributed by atoms with Gasteiger partial charge in [0.15, 0.2) is 58.6 Å². The van der Waals surface area contributed by atoms with Crippen molar-refractivity contribution < 1.29 is 109 Å². The normalized spacial score (nSPS) is 28.8. The highest BCUT2D eigenvalue weighted by molar-refractivity contribution is 6.13. The number of phenols is 8. The Morgan fingerprint density at radius 3 is 1.84 bits per heavy atom. The number of aliphatic hydroxyl groups is 4. The van der Waals surface area contributed by atoms with Crippen molar-refractivity contribution in [2.24, 2.45) is 0 Å². The number of rotatable bonds is 0. The summed E-state index contributed by atoms with van der Waals surface area (Å²) in [5.41, 5.74) is -6.77. The van der Waals surface area contributed by atoms with E-state index in [9.17, 15) is 85.3 Å². The molecule has 6 bridgehead atoms. The number of hydrogen-bond donors (Lipinski definition) is 12. The third-order valence-electron chi connectivity index (χ3n) is 10.1. The van der Waals surface area contributed by atoms with Crippen molar-refractivity contribution in [1.29, 1.82) is 0 Å². The molecule has 0 spiro atoms. The molecule has 0 unspecified atom stereocenters. The third kappa shape index (κ3) is 4.58. The highest BCUT2D eigenvalue weighted by Gasteiger charge is 2.70. The molecule has 292 valence electrons. The van der Waals surface area contributed by atoms with Crippen LogP contribution in [-0.2, 0) is 28.5 Å². The van der Waals surface area contributed by atoms with E-state index in [1.54, 1.807) is 0 Å². The maximum Gasteiger partial charge on any atom is 0.339 e. The van der Waals surface area contributed by atoms with Crippen LogP contribution in [0.5, 0.6) is 51.7 Å². The number of ether oxygens (including phenoxy) is 5. The van der Waals surface area contributed by atoms with E-state index in [1.165, 1.54) is 0 Å². The molecule has 22 heteroatoms. The first-order valence-corrected chi connectivity index (χ1v) is 15.9. The second-order valence-electron chi connectivity index (χ2n) is 13.2. The molecule has 4 heterocycles. The van der Waals surface area contributed by atoms with E-state index in [0.717, 1.165) is 0 Å². The Labute approximate surface area is 308 Å². The predicted octanol–water partition coefficient (Wildman–Crippen LogP) is -2.01. The fourth-order valence-electron chi connectivity index (χ4n) is 7.40. The van der Waals surface area contributed by atoms with Gasteiger partial charge in [-0.1, -0.05) is 0 Å². The molecule has 3 aromatic rings. The number of ketones is 2. The number of fused-ring (bicyclic) bond motifs is 10. The quantitative estimate of drug-likeness (QED) is 0.0507. The minimum absolute atomic E-state index is 0.308. The van der Waals surface area contributed by atoms with Crippen LogP contribution in [0.2, 0.25) is 0 Å². The molecule has 8 rings (SSSR count). The molecule has 1 aliphatic carbocycles. The topological polar surface area (TPSA) is 374 Å². The summed E-state index contributed by atoms with van der Waals surface area (Å²) in [7, 11) is 0. The Kier molecular flexibility index (Phi) is 7.47. The first kappa shape index (κ1) is 36.1. The zero-order chi connectivity index (χ0) is 40.7. The fraction of sp³-hybridized carbons (Fsp3) is 0.265. The lowest BCUT2D eigenvalue weighted by Crippen LogP contribution is -2.70. The van der Waals surface area contributed by atoms with Gasteiger partial charge in [0.1, 0.15) is 18.8 Å². The molecule has 1 saturated heterocycles. The molecule has 5 aliphatic rings. The van der Waals surface area contributed by atoms with Gasteiger partial charge in [0.05, 0.1) is 22.6 Å². The minimum Gasteiger partial charge on any atom is -0.504 e. The van der Waals surface area contributed by atoms with E-state index >= 15 is 0 Å². The lowest BCUT2D eigenvalue weighted by Gasteiger charge is -2.49. The average molecular weight is 785 g/mol. The van der Waals surface area contributed by atoms with E-state index in [2.05, 4.69) is 0 Å². The molecule has 56 heavy (non-hydrogen) atoms. The summed E-state index contributed by atoms with van der Waals surface area (Å²) in [6.07, 6.45) is -11.1. The van der Waals surface area contributed by atoms with Gasteiger partial charge in [-0.3, -0.25) is 9.59 Å². The number of aromatic hydroxyl groups is 8. The molecule has 22 nitrogen and oxygen atoms in total. The monoisotopic (exact) mass is 784 g/mol. The van der Waals surface area contributed by atoms with Crippen molar-refractivity contribution in [3.8, 4) is 62.9 Å². The first-order valence-electron chi connectivity index (χ1n) is 15.9. The average Bonchev–Trinajstić information content (AvgIpc) is 3.15. The molecule has 12 N–H and O–H groups in total. The second kappa shape index (κ2) is 11.6. The van der Waals surface area contributed by atoms with Crippen LogP contribution in [-0.4, -0.2) is 139 Å². The molecule has 0 radical (unpaired) electrons. The van der Waals surface area contributed by atoms with Crippen molar-refractivity contribution in [2.45, 2.75) is 48.0 Å². The van der Waals surface area contributed by atoms with Gasteiger partial charge >= 0.3 is 23.7 Å². The minimum atomic E-state index is -3.87. The molecule has 7 atom stereocenters. The predicted molar refractivity (Wildman–Crippen MR) is 169 cm³/mol. The molecule has 4 aliphatic heterocycles. The van der Waals surface area contributed by atoms with E-state index in [4.69, 9.17) is 23.7 Å². The van der Waals surface area contributed by atoms with Crippen LogP contribution < -0.4 is 4.74 Å². The zero-order valence-corrected chi connectivity index (χ0v) is 27.4. The van der Waals surface area contributed by atoms with Gasteiger partial charge in [-0.05, 0) is 24.3 Å². The second-order valence-corrected chi connectivity index (χ2v) is 13.2. The van der Waals surface area contributed by atoms with Crippen molar-refractivity contribution in [3.63, 3.8) is 0 Å². The maximum absolute atomic E-state index is 14.6. The van der Waals surface area contributed by atoms with Gasteiger partial charge < -0.3 is 85.0 Å². The van der Waals surface area contributed by atoms with Crippen molar-refractivity contribution in [3.05, 3.63) is 52.1 Å². The third-order valence-corrected chi connectivity index (χ3v) is 10.1. The highest BCUT2D eigenvalue weighted by Crippen LogP contribution is 2.58. The van der Waals surface area contributed by atoms with E-state index < -0.39 is 175 Å². The lowest BCUT2D eigenvalue weighted by atomic mass is 9.70. The summed E-state index contributed by atoms with van der Waals surface area (Å²) in [5, 5.41) is 130. The molecule has 0 amide bonds. The van der Waals surface area contributed by atoms with Gasteiger partial charge in [0, 0.05) is 22.3 Å². The number of phenolic OH excluding ortho intramolecular Hbond substituents is 8. The highest BCUT2D eigenvalue weighted by atomic mass is 16.7. The standard InChI is InChI=1S/C34H24O22/c35-10-1-6-15(23(43)20(10)40)16-7(2-11(36)21(41)24(16)44)30(46)52-5-13-26-25(45)29(28(53-13)19(6)39)55-32(48)9-4-14(38)34(51)33(49,50)18(9)17-8(31(47)54-26)3-12(37)22(42)27(17)56-34/h1-4,13,18,25-26,28-29,35-37,40-45,49-51H,5H2/t13-,18-,25+,26-,28+,29-,34-/m1/s1. The van der Waals surface area contributed by atoms with Crippen LogP contribution in [0.3, 0.4) is 0 Å². The van der Waals surface area contributed by atoms with Gasteiger partial charge in [-0.2, -0.15) is 0 Å². The zero-order valence-electron chi connectivity index (χ0n) is 27.4. The number of cyclic esters (lactones) is 1. The van der Waals surface area contributed by atoms with Crippen LogP contribution in [0, 0.1) is 0 Å². The summed E-state index contributed by atoms with van der Waals surface area (Å²) < 4.78 is 27.1. The maximum atomic E-state index is 14.6. The number of benzene rings is 3. The molecule has 0 saturated carbocycles. The Bertz CT molecular complexity index is 2410. The van der Waals surface area contributed by atoms with Crippen LogP contribution in [0.1, 0.15) is 42.6 Å². The van der Waals surface area contributed by atoms with Crippen LogP contribution in [0.15, 0.2) is 29.8 Å². The summed E-state index contributed by atoms with van der Waals surface area (Å²) >= 11 is 0. The van der Waals surface area contributed by atoms with Gasteiger partial charge in [-0.15, -0.1) is 0 Å². The van der Waals surface area contributed by atoms with Gasteiger partial charge in [-0.25, -0.2) is 14.4 Å². The largest absolute Gasteiger partial charge is 0.504 e. The number of aliphatic hydroxyl groups excluding tert-OH is 1. The summed E-state index contributed by atoms with van der Waals surface area (Å²) in [6.45, 7) is -1.10. The van der Waals surface area contributed by atoms with Crippen LogP contribution >= 0.6 is 0 Å². The Balaban J connectivity index is 1.38. The van der Waals surface area contributed by atoms with Crippen molar-refractivity contribution in [2.75, 3.05) is 6.61 Å². The SMILES string of the molecule is O=C1O[C@@H]2[C@@H](O)[C@H](OC(=O)c3cc(O)c(O)c4c3[C@H]3C1=CC(=O)[C@@](O)(O4)C3(O)O)[C@H]1COC(=O)c3cc(O)c(O)c(O)c3-c3c(cc(O)c(O)c3O)C(=O)[C@@H]2O1. The number of carbonyl (C=O) groups excluding carboxylic acids is 5. The van der Waals surface area contributed by atoms with Crippen molar-refractivity contribution >= 4 is 29.5 Å². The van der Waals surface area contributed by atoms with Crippen LogP contribution in [0.25, 0.3) is 11.1 Å². The van der Waals surface area contributed by atoms with Gasteiger partial charge in [0.2, 0.25) is 23.0 Å². The molecular weight excluding hydrogens is 760 g/mol. The number of esters is 3. The molecule has 1 fully saturated rings. The lowest BCUT2D eigenvalue weighted by molar-refractivity contribution is -0.339. The van der Waals surface area contributed by atoms with E-state index in [1.807, 2.05) is 0 Å².